The smallest absolute Gasteiger partial charge is 0.0864 e. The van der Waals surface area contributed by atoms with Crippen molar-refractivity contribution in [2.24, 2.45) is 5.73 Å². The van der Waals surface area contributed by atoms with Gasteiger partial charge in [-0.05, 0) is 40.9 Å². The Balaban J connectivity index is 2.56. The standard InChI is InChI=1S/C11H13BrN2/c1-7(13)6-9-8-4-2-3-5-10(8)14-11(9)12/h2-5,7,14H,6,13H2,1H3/t7-/m0/s1. The summed E-state index contributed by atoms with van der Waals surface area (Å²) in [6.07, 6.45) is 0.893. The molecular weight excluding hydrogens is 240 g/mol. The fraction of sp³-hybridized carbons (Fsp3) is 0.273. The van der Waals surface area contributed by atoms with Gasteiger partial charge in [-0.1, -0.05) is 18.2 Å². The Bertz CT molecular complexity index is 445. The van der Waals surface area contributed by atoms with Crippen molar-refractivity contribution in [2.45, 2.75) is 19.4 Å². The molecule has 1 atom stereocenters. The predicted octanol–water partition coefficient (Wildman–Crippen LogP) is 2.82. The van der Waals surface area contributed by atoms with Gasteiger partial charge in [-0.25, -0.2) is 0 Å². The van der Waals surface area contributed by atoms with Gasteiger partial charge in [0.2, 0.25) is 0 Å². The van der Waals surface area contributed by atoms with Crippen molar-refractivity contribution in [3.63, 3.8) is 0 Å². The molecule has 2 aromatic rings. The van der Waals surface area contributed by atoms with Crippen LogP contribution < -0.4 is 5.73 Å². The lowest BCUT2D eigenvalue weighted by atomic mass is 10.1. The molecule has 0 saturated carbocycles. The minimum atomic E-state index is 0.186. The molecule has 1 aromatic heterocycles. The van der Waals surface area contributed by atoms with Crippen LogP contribution in [0.1, 0.15) is 12.5 Å². The van der Waals surface area contributed by atoms with E-state index in [2.05, 4.69) is 33.0 Å². The van der Waals surface area contributed by atoms with Gasteiger partial charge in [-0.3, -0.25) is 0 Å². The maximum absolute atomic E-state index is 5.81. The van der Waals surface area contributed by atoms with Crippen LogP contribution in [0.3, 0.4) is 0 Å². The van der Waals surface area contributed by atoms with Gasteiger partial charge >= 0.3 is 0 Å². The molecule has 2 nitrogen and oxygen atoms in total. The Morgan fingerprint density at radius 3 is 2.86 bits per heavy atom. The van der Waals surface area contributed by atoms with Crippen LogP contribution in [-0.4, -0.2) is 11.0 Å². The van der Waals surface area contributed by atoms with Gasteiger partial charge in [0, 0.05) is 16.9 Å². The highest BCUT2D eigenvalue weighted by atomic mass is 79.9. The van der Waals surface area contributed by atoms with Gasteiger partial charge in [0.1, 0.15) is 0 Å². The molecule has 1 heterocycles. The van der Waals surface area contributed by atoms with Crippen molar-refractivity contribution in [1.29, 1.82) is 0 Å². The highest BCUT2D eigenvalue weighted by Crippen LogP contribution is 2.27. The van der Waals surface area contributed by atoms with E-state index in [4.69, 9.17) is 5.73 Å². The second-order valence-corrected chi connectivity index (χ2v) is 4.44. The van der Waals surface area contributed by atoms with Gasteiger partial charge in [0.25, 0.3) is 0 Å². The third-order valence-corrected chi connectivity index (χ3v) is 2.96. The molecule has 74 valence electrons. The highest BCUT2D eigenvalue weighted by Gasteiger charge is 2.09. The number of aromatic amines is 1. The van der Waals surface area contributed by atoms with E-state index >= 15 is 0 Å². The number of hydrogen-bond donors (Lipinski definition) is 2. The number of aromatic nitrogens is 1. The molecule has 0 aliphatic rings. The van der Waals surface area contributed by atoms with Crippen LogP contribution in [0.5, 0.6) is 0 Å². The molecule has 0 unspecified atom stereocenters. The third kappa shape index (κ3) is 1.70. The zero-order valence-electron chi connectivity index (χ0n) is 8.05. The molecule has 3 N–H and O–H groups in total. The van der Waals surface area contributed by atoms with Gasteiger partial charge in [-0.15, -0.1) is 0 Å². The summed E-state index contributed by atoms with van der Waals surface area (Å²) in [5.74, 6) is 0. The second kappa shape index (κ2) is 3.75. The van der Waals surface area contributed by atoms with Crippen molar-refractivity contribution in [3.05, 3.63) is 34.4 Å². The highest BCUT2D eigenvalue weighted by molar-refractivity contribution is 9.10. The average molecular weight is 253 g/mol. The number of rotatable bonds is 2. The molecule has 1 aromatic carbocycles. The van der Waals surface area contributed by atoms with Gasteiger partial charge in [0.15, 0.2) is 0 Å². The predicted molar refractivity (Wildman–Crippen MR) is 63.4 cm³/mol. The number of nitrogens with one attached hydrogen (secondary N) is 1. The molecule has 0 spiro atoms. The Hall–Kier alpha value is -0.800. The summed E-state index contributed by atoms with van der Waals surface area (Å²) in [5, 5.41) is 1.26. The molecular formula is C11H13BrN2. The zero-order valence-corrected chi connectivity index (χ0v) is 9.64. The summed E-state index contributed by atoms with van der Waals surface area (Å²) in [6.45, 7) is 2.02. The number of benzene rings is 1. The van der Waals surface area contributed by atoms with E-state index in [0.717, 1.165) is 16.5 Å². The van der Waals surface area contributed by atoms with Crippen LogP contribution in [0.15, 0.2) is 28.9 Å². The first-order valence-electron chi connectivity index (χ1n) is 4.69. The van der Waals surface area contributed by atoms with E-state index in [1.165, 1.54) is 10.9 Å². The molecule has 3 heteroatoms. The summed E-state index contributed by atoms with van der Waals surface area (Å²) in [5.41, 5.74) is 8.24. The topological polar surface area (TPSA) is 41.8 Å². The lowest BCUT2D eigenvalue weighted by Crippen LogP contribution is -2.17. The molecule has 0 radical (unpaired) electrons. The minimum Gasteiger partial charge on any atom is -0.349 e. The van der Waals surface area contributed by atoms with Crippen LogP contribution >= 0.6 is 15.9 Å². The monoisotopic (exact) mass is 252 g/mol. The Kier molecular flexibility index (Phi) is 2.61. The normalized spacial score (nSPS) is 13.4. The first-order chi connectivity index (χ1) is 6.68. The van der Waals surface area contributed by atoms with E-state index in [0.29, 0.717) is 0 Å². The molecule has 0 bridgehead atoms. The summed E-state index contributed by atoms with van der Waals surface area (Å²) >= 11 is 3.53. The fourth-order valence-corrected chi connectivity index (χ4v) is 2.28. The van der Waals surface area contributed by atoms with Crippen molar-refractivity contribution >= 4 is 26.8 Å². The zero-order chi connectivity index (χ0) is 10.1. The molecule has 14 heavy (non-hydrogen) atoms. The fourth-order valence-electron chi connectivity index (χ4n) is 1.69. The number of H-pyrrole nitrogens is 1. The lowest BCUT2D eigenvalue weighted by Gasteiger charge is -2.03. The molecule has 0 amide bonds. The van der Waals surface area contributed by atoms with E-state index < -0.39 is 0 Å². The van der Waals surface area contributed by atoms with Crippen molar-refractivity contribution < 1.29 is 0 Å². The van der Waals surface area contributed by atoms with E-state index in [1.807, 2.05) is 19.1 Å². The van der Waals surface area contributed by atoms with Gasteiger partial charge < -0.3 is 10.7 Å². The Labute approximate surface area is 91.6 Å². The first-order valence-corrected chi connectivity index (χ1v) is 5.48. The molecule has 2 rings (SSSR count). The SMILES string of the molecule is C[C@H](N)Cc1c(Br)[nH]c2ccccc12. The minimum absolute atomic E-state index is 0.186. The number of fused-ring (bicyclic) bond motifs is 1. The van der Waals surface area contributed by atoms with Crippen LogP contribution in [0.4, 0.5) is 0 Å². The first kappa shape index (κ1) is 9.74. The number of para-hydroxylation sites is 1. The molecule has 0 aliphatic carbocycles. The summed E-state index contributed by atoms with van der Waals surface area (Å²) in [6, 6.07) is 8.46. The molecule has 0 saturated heterocycles. The van der Waals surface area contributed by atoms with Crippen LogP contribution in [0, 0.1) is 0 Å². The van der Waals surface area contributed by atoms with Crippen molar-refractivity contribution in [3.8, 4) is 0 Å². The average Bonchev–Trinajstić information content (AvgIpc) is 2.43. The van der Waals surface area contributed by atoms with Gasteiger partial charge in [-0.2, -0.15) is 0 Å². The molecule has 0 fully saturated rings. The van der Waals surface area contributed by atoms with Crippen molar-refractivity contribution in [2.75, 3.05) is 0 Å². The number of halogens is 1. The van der Waals surface area contributed by atoms with E-state index in [1.54, 1.807) is 0 Å². The van der Waals surface area contributed by atoms with Gasteiger partial charge in [0.05, 0.1) is 4.60 Å². The maximum Gasteiger partial charge on any atom is 0.0864 e. The number of hydrogen-bond acceptors (Lipinski definition) is 1. The molecule has 0 aliphatic heterocycles. The largest absolute Gasteiger partial charge is 0.349 e. The maximum atomic E-state index is 5.81. The quantitative estimate of drug-likeness (QED) is 0.849. The lowest BCUT2D eigenvalue weighted by molar-refractivity contribution is 0.739. The van der Waals surface area contributed by atoms with E-state index in [-0.39, 0.29) is 6.04 Å². The van der Waals surface area contributed by atoms with Crippen molar-refractivity contribution in [1.82, 2.24) is 4.98 Å². The Morgan fingerprint density at radius 2 is 2.14 bits per heavy atom. The second-order valence-electron chi connectivity index (χ2n) is 3.64. The van der Waals surface area contributed by atoms with Crippen LogP contribution in [-0.2, 0) is 6.42 Å². The summed E-state index contributed by atoms with van der Waals surface area (Å²) in [7, 11) is 0. The summed E-state index contributed by atoms with van der Waals surface area (Å²) < 4.78 is 1.05. The van der Waals surface area contributed by atoms with Crippen LogP contribution in [0.25, 0.3) is 10.9 Å². The number of nitrogens with two attached hydrogens (primary N) is 1. The van der Waals surface area contributed by atoms with Crippen LogP contribution in [0.2, 0.25) is 0 Å². The summed E-state index contributed by atoms with van der Waals surface area (Å²) in [4.78, 5) is 3.29. The van der Waals surface area contributed by atoms with E-state index in [9.17, 15) is 0 Å². The third-order valence-electron chi connectivity index (χ3n) is 2.29. The Morgan fingerprint density at radius 1 is 1.43 bits per heavy atom.